The number of aromatic hydroxyl groups is 1. The van der Waals surface area contributed by atoms with E-state index in [0.29, 0.717) is 23.0 Å². The summed E-state index contributed by atoms with van der Waals surface area (Å²) in [4.78, 5) is 0. The number of hydrogen-bond donors (Lipinski definition) is 2. The number of phenolic OH excluding ortho intramolecular Hbond substituents is 1. The van der Waals surface area contributed by atoms with E-state index >= 15 is 0 Å². The highest BCUT2D eigenvalue weighted by molar-refractivity contribution is 9.10. The molecule has 15 heavy (non-hydrogen) atoms. The Morgan fingerprint density at radius 3 is 2.80 bits per heavy atom. The average molecular weight is 278 g/mol. The highest BCUT2D eigenvalue weighted by atomic mass is 79.9. The minimum absolute atomic E-state index is 0.103. The molecule has 0 aliphatic rings. The van der Waals surface area contributed by atoms with Gasteiger partial charge in [0.05, 0.1) is 11.6 Å². The van der Waals surface area contributed by atoms with Crippen LogP contribution in [-0.4, -0.2) is 25.8 Å². The van der Waals surface area contributed by atoms with Crippen LogP contribution >= 0.6 is 15.9 Å². The summed E-state index contributed by atoms with van der Waals surface area (Å²) in [6.07, 6.45) is 0.634. The van der Waals surface area contributed by atoms with Gasteiger partial charge in [-0.05, 0) is 47.6 Å². The van der Waals surface area contributed by atoms with E-state index in [9.17, 15) is 9.50 Å². The summed E-state index contributed by atoms with van der Waals surface area (Å²) in [5.74, 6) is -1.04. The van der Waals surface area contributed by atoms with Gasteiger partial charge in [0.25, 0.3) is 0 Å². The first-order chi connectivity index (χ1) is 7.11. The molecule has 0 aliphatic heterocycles. The number of likely N-dealkylation sites (N-methyl/N-ethyl adjacent to an activating group) is 1. The number of hydrogen-bond acceptors (Lipinski definition) is 3. The summed E-state index contributed by atoms with van der Waals surface area (Å²) in [5.41, 5.74) is 0.717. The Balaban J connectivity index is 3.13. The van der Waals surface area contributed by atoms with Crippen molar-refractivity contribution in [1.82, 2.24) is 5.32 Å². The van der Waals surface area contributed by atoms with Gasteiger partial charge in [0.15, 0.2) is 11.5 Å². The smallest absolute Gasteiger partial charge is 0.208 e. The van der Waals surface area contributed by atoms with Crippen LogP contribution in [0.4, 0.5) is 4.39 Å². The number of nitrogens with one attached hydrogen (secondary N) is 1. The first-order valence-corrected chi connectivity index (χ1v) is 5.29. The second-order valence-corrected chi connectivity index (χ2v) is 3.92. The van der Waals surface area contributed by atoms with Crippen LogP contribution in [0.15, 0.2) is 10.5 Å². The van der Waals surface area contributed by atoms with Gasteiger partial charge in [-0.25, -0.2) is 0 Å². The largest absolute Gasteiger partial charge is 0.504 e. The number of rotatable bonds is 4. The topological polar surface area (TPSA) is 41.5 Å². The Morgan fingerprint density at radius 2 is 2.27 bits per heavy atom. The summed E-state index contributed by atoms with van der Waals surface area (Å²) in [5, 5.41) is 12.3. The van der Waals surface area contributed by atoms with Crippen molar-refractivity contribution in [1.29, 1.82) is 0 Å². The molecule has 1 rings (SSSR count). The number of methoxy groups -OCH3 is 1. The minimum atomic E-state index is -0.724. The Labute approximate surface area is 96.4 Å². The zero-order chi connectivity index (χ0) is 11.4. The molecule has 5 heteroatoms. The molecular weight excluding hydrogens is 265 g/mol. The maximum Gasteiger partial charge on any atom is 0.208 e. The second-order valence-electron chi connectivity index (χ2n) is 3.07. The number of phenols is 1. The third kappa shape index (κ3) is 2.60. The molecule has 0 bridgehead atoms. The molecule has 1 aromatic carbocycles. The second kappa shape index (κ2) is 5.32. The normalized spacial score (nSPS) is 10.4. The van der Waals surface area contributed by atoms with Crippen molar-refractivity contribution in [3.63, 3.8) is 0 Å². The first-order valence-electron chi connectivity index (χ1n) is 4.50. The zero-order valence-corrected chi connectivity index (χ0v) is 10.2. The predicted molar refractivity (Wildman–Crippen MR) is 59.9 cm³/mol. The molecule has 0 aliphatic carbocycles. The maximum atomic E-state index is 13.5. The zero-order valence-electron chi connectivity index (χ0n) is 8.60. The molecule has 2 N–H and O–H groups in total. The molecule has 0 radical (unpaired) electrons. The van der Waals surface area contributed by atoms with E-state index in [1.807, 2.05) is 7.05 Å². The van der Waals surface area contributed by atoms with Crippen molar-refractivity contribution >= 4 is 15.9 Å². The van der Waals surface area contributed by atoms with E-state index in [1.165, 1.54) is 7.11 Å². The van der Waals surface area contributed by atoms with Crippen molar-refractivity contribution in [2.45, 2.75) is 6.42 Å². The highest BCUT2D eigenvalue weighted by Gasteiger charge is 2.16. The lowest BCUT2D eigenvalue weighted by atomic mass is 10.1. The molecule has 1 aromatic rings. The van der Waals surface area contributed by atoms with Gasteiger partial charge in [-0.15, -0.1) is 0 Å². The van der Waals surface area contributed by atoms with E-state index in [-0.39, 0.29) is 5.75 Å². The lowest BCUT2D eigenvalue weighted by molar-refractivity contribution is 0.358. The van der Waals surface area contributed by atoms with Crippen LogP contribution in [0.2, 0.25) is 0 Å². The van der Waals surface area contributed by atoms with Crippen LogP contribution in [-0.2, 0) is 6.42 Å². The summed E-state index contributed by atoms with van der Waals surface area (Å²) in [6.45, 7) is 0.715. The monoisotopic (exact) mass is 277 g/mol. The van der Waals surface area contributed by atoms with E-state index < -0.39 is 11.6 Å². The molecule has 0 unspecified atom stereocenters. The molecule has 0 saturated carbocycles. The van der Waals surface area contributed by atoms with E-state index in [1.54, 1.807) is 6.07 Å². The number of halogens is 2. The third-order valence-electron chi connectivity index (χ3n) is 2.07. The van der Waals surface area contributed by atoms with Crippen molar-refractivity contribution in [2.24, 2.45) is 0 Å². The van der Waals surface area contributed by atoms with Crippen LogP contribution in [0, 0.1) is 5.82 Å². The molecule has 0 fully saturated rings. The fourth-order valence-electron chi connectivity index (χ4n) is 1.31. The SMILES string of the molecule is CNCCc1cc(Br)c(O)c(F)c1OC. The molecule has 0 spiro atoms. The molecule has 0 saturated heterocycles. The fourth-order valence-corrected chi connectivity index (χ4v) is 1.76. The predicted octanol–water partition coefficient (Wildman–Crippen LogP) is 2.06. The Bertz CT molecular complexity index is 358. The molecule has 0 atom stereocenters. The Kier molecular flexibility index (Phi) is 4.35. The van der Waals surface area contributed by atoms with Crippen molar-refractivity contribution in [3.05, 3.63) is 21.9 Å². The van der Waals surface area contributed by atoms with Gasteiger partial charge in [-0.1, -0.05) is 0 Å². The van der Waals surface area contributed by atoms with Gasteiger partial charge in [0, 0.05) is 0 Å². The van der Waals surface area contributed by atoms with Gasteiger partial charge in [0.1, 0.15) is 0 Å². The lowest BCUT2D eigenvalue weighted by Gasteiger charge is -2.11. The summed E-state index contributed by atoms with van der Waals surface area (Å²) in [7, 11) is 3.20. The van der Waals surface area contributed by atoms with Crippen molar-refractivity contribution in [3.8, 4) is 11.5 Å². The summed E-state index contributed by atoms with van der Waals surface area (Å²) in [6, 6.07) is 1.66. The first kappa shape index (κ1) is 12.3. The quantitative estimate of drug-likeness (QED) is 0.885. The van der Waals surface area contributed by atoms with Gasteiger partial charge >= 0.3 is 0 Å². The third-order valence-corrected chi connectivity index (χ3v) is 2.68. The molecule has 0 amide bonds. The van der Waals surface area contributed by atoms with Crippen LogP contribution in [0.5, 0.6) is 11.5 Å². The van der Waals surface area contributed by atoms with Gasteiger partial charge in [-0.3, -0.25) is 0 Å². The van der Waals surface area contributed by atoms with Crippen molar-refractivity contribution < 1.29 is 14.2 Å². The molecule has 0 aromatic heterocycles. The Hall–Kier alpha value is -0.810. The van der Waals surface area contributed by atoms with Gasteiger partial charge in [0.2, 0.25) is 5.82 Å². The minimum Gasteiger partial charge on any atom is -0.504 e. The summed E-state index contributed by atoms with van der Waals surface area (Å²) >= 11 is 3.09. The fraction of sp³-hybridized carbons (Fsp3) is 0.400. The van der Waals surface area contributed by atoms with Gasteiger partial charge < -0.3 is 15.2 Å². The number of benzene rings is 1. The van der Waals surface area contributed by atoms with Crippen LogP contribution in [0.1, 0.15) is 5.56 Å². The number of ether oxygens (including phenoxy) is 1. The van der Waals surface area contributed by atoms with Gasteiger partial charge in [-0.2, -0.15) is 4.39 Å². The van der Waals surface area contributed by atoms with E-state index in [0.717, 1.165) is 0 Å². The van der Waals surface area contributed by atoms with Crippen LogP contribution in [0.3, 0.4) is 0 Å². The summed E-state index contributed by atoms with van der Waals surface area (Å²) < 4.78 is 18.8. The van der Waals surface area contributed by atoms with Crippen molar-refractivity contribution in [2.75, 3.05) is 20.7 Å². The standard InChI is InChI=1S/C10H13BrFNO2/c1-13-4-3-6-5-7(11)9(14)8(12)10(6)15-2/h5,13-14H,3-4H2,1-2H3. The molecule has 84 valence electrons. The highest BCUT2D eigenvalue weighted by Crippen LogP contribution is 2.36. The van der Waals surface area contributed by atoms with E-state index in [2.05, 4.69) is 21.2 Å². The maximum absolute atomic E-state index is 13.5. The lowest BCUT2D eigenvalue weighted by Crippen LogP contribution is -2.11. The average Bonchev–Trinajstić information content (AvgIpc) is 2.23. The van der Waals surface area contributed by atoms with E-state index in [4.69, 9.17) is 4.74 Å². The molecule has 3 nitrogen and oxygen atoms in total. The van der Waals surface area contributed by atoms with Crippen LogP contribution < -0.4 is 10.1 Å². The Morgan fingerprint density at radius 1 is 1.60 bits per heavy atom. The molecule has 0 heterocycles. The van der Waals surface area contributed by atoms with Crippen LogP contribution in [0.25, 0.3) is 0 Å². The molecular formula is C10H13BrFNO2.